The van der Waals surface area contributed by atoms with Gasteiger partial charge in [0.1, 0.15) is 24.4 Å². The SMILES string of the molecule is COC[C@@H]1O[C@H](OC)[C@@H](NC(C)=O)[C@@H](OC)[C@@H]1O. The third-order valence-corrected chi connectivity index (χ3v) is 2.88. The molecule has 106 valence electrons. The molecule has 7 heteroatoms. The molecule has 0 aromatic carbocycles. The van der Waals surface area contributed by atoms with Crippen molar-refractivity contribution in [2.75, 3.05) is 27.9 Å². The number of amides is 1. The van der Waals surface area contributed by atoms with Crippen LogP contribution in [0.15, 0.2) is 0 Å². The molecule has 7 nitrogen and oxygen atoms in total. The number of aliphatic hydroxyl groups excluding tert-OH is 1. The van der Waals surface area contributed by atoms with Gasteiger partial charge >= 0.3 is 0 Å². The first-order chi connectivity index (χ1) is 8.54. The quantitative estimate of drug-likeness (QED) is 0.654. The average Bonchev–Trinajstić information content (AvgIpc) is 2.32. The third-order valence-electron chi connectivity index (χ3n) is 2.88. The van der Waals surface area contributed by atoms with Crippen molar-refractivity contribution in [3.63, 3.8) is 0 Å². The zero-order chi connectivity index (χ0) is 13.7. The molecule has 0 aromatic heterocycles. The lowest BCUT2D eigenvalue weighted by molar-refractivity contribution is -0.267. The maximum atomic E-state index is 11.2. The van der Waals surface area contributed by atoms with E-state index in [0.717, 1.165) is 0 Å². The third kappa shape index (κ3) is 3.39. The second-order valence-corrected chi connectivity index (χ2v) is 4.15. The Hall–Kier alpha value is -0.730. The Bertz CT molecular complexity index is 274. The van der Waals surface area contributed by atoms with E-state index in [2.05, 4.69) is 5.32 Å². The number of rotatable bonds is 5. The number of hydrogen-bond donors (Lipinski definition) is 2. The van der Waals surface area contributed by atoms with Crippen LogP contribution in [0.3, 0.4) is 0 Å². The molecular formula is C11H21NO6. The van der Waals surface area contributed by atoms with Crippen molar-refractivity contribution in [2.24, 2.45) is 0 Å². The van der Waals surface area contributed by atoms with E-state index >= 15 is 0 Å². The summed E-state index contributed by atoms with van der Waals surface area (Å²) in [5, 5.41) is 12.8. The molecule has 1 amide bonds. The first kappa shape index (κ1) is 15.3. The molecule has 18 heavy (non-hydrogen) atoms. The summed E-state index contributed by atoms with van der Waals surface area (Å²) >= 11 is 0. The van der Waals surface area contributed by atoms with Crippen LogP contribution in [0.25, 0.3) is 0 Å². The summed E-state index contributed by atoms with van der Waals surface area (Å²) in [6.07, 6.45) is -2.77. The summed E-state index contributed by atoms with van der Waals surface area (Å²) in [4.78, 5) is 11.2. The van der Waals surface area contributed by atoms with E-state index in [1.165, 1.54) is 28.3 Å². The highest BCUT2D eigenvalue weighted by Gasteiger charge is 2.46. The van der Waals surface area contributed by atoms with Gasteiger partial charge in [0.05, 0.1) is 6.61 Å². The van der Waals surface area contributed by atoms with E-state index in [0.29, 0.717) is 0 Å². The Labute approximate surface area is 106 Å². The average molecular weight is 263 g/mol. The minimum Gasteiger partial charge on any atom is -0.388 e. The zero-order valence-electron chi connectivity index (χ0n) is 11.1. The van der Waals surface area contributed by atoms with Gasteiger partial charge in [0.25, 0.3) is 0 Å². The maximum Gasteiger partial charge on any atom is 0.217 e. The topological polar surface area (TPSA) is 86.2 Å². The van der Waals surface area contributed by atoms with E-state index in [-0.39, 0.29) is 12.5 Å². The molecule has 0 aliphatic carbocycles. The number of aliphatic hydroxyl groups is 1. The van der Waals surface area contributed by atoms with E-state index < -0.39 is 30.6 Å². The normalized spacial score (nSPS) is 36.4. The molecule has 0 radical (unpaired) electrons. The lowest BCUT2D eigenvalue weighted by Crippen LogP contribution is -2.65. The molecule has 1 aliphatic heterocycles. The summed E-state index contributed by atoms with van der Waals surface area (Å²) in [6, 6.07) is -0.569. The summed E-state index contributed by atoms with van der Waals surface area (Å²) in [6.45, 7) is 1.60. The van der Waals surface area contributed by atoms with Crippen molar-refractivity contribution in [3.05, 3.63) is 0 Å². The Morgan fingerprint density at radius 2 is 2.00 bits per heavy atom. The molecule has 0 spiro atoms. The van der Waals surface area contributed by atoms with Gasteiger partial charge in [0.15, 0.2) is 6.29 Å². The van der Waals surface area contributed by atoms with Crippen LogP contribution in [0, 0.1) is 0 Å². The fourth-order valence-corrected chi connectivity index (χ4v) is 2.09. The van der Waals surface area contributed by atoms with Crippen LogP contribution < -0.4 is 5.32 Å². The van der Waals surface area contributed by atoms with Crippen molar-refractivity contribution in [1.82, 2.24) is 5.32 Å². The van der Waals surface area contributed by atoms with Crippen LogP contribution in [0.2, 0.25) is 0 Å². The van der Waals surface area contributed by atoms with Gasteiger partial charge in [-0.3, -0.25) is 4.79 Å². The minimum atomic E-state index is -0.904. The molecule has 0 aromatic rings. The molecule has 2 N–H and O–H groups in total. The van der Waals surface area contributed by atoms with Gasteiger partial charge in [0, 0.05) is 28.3 Å². The van der Waals surface area contributed by atoms with Gasteiger partial charge in [-0.2, -0.15) is 0 Å². The molecular weight excluding hydrogens is 242 g/mol. The first-order valence-corrected chi connectivity index (χ1v) is 5.70. The standard InChI is InChI=1S/C11H21NO6/c1-6(13)12-8-10(16-3)9(14)7(5-15-2)18-11(8)17-4/h7-11,14H,5H2,1-4H3,(H,12,13)/t7-,8-,9+,10+,11-/m0/s1. The zero-order valence-corrected chi connectivity index (χ0v) is 11.1. The van der Waals surface area contributed by atoms with Crippen molar-refractivity contribution < 1.29 is 28.8 Å². The molecule has 0 bridgehead atoms. The number of nitrogens with one attached hydrogen (secondary N) is 1. The van der Waals surface area contributed by atoms with Gasteiger partial charge in [-0.05, 0) is 0 Å². The lowest BCUT2D eigenvalue weighted by Gasteiger charge is -2.43. The van der Waals surface area contributed by atoms with Crippen LogP contribution in [0.5, 0.6) is 0 Å². The predicted molar refractivity (Wildman–Crippen MR) is 62.0 cm³/mol. The van der Waals surface area contributed by atoms with Crippen LogP contribution >= 0.6 is 0 Å². The highest BCUT2D eigenvalue weighted by Crippen LogP contribution is 2.24. The van der Waals surface area contributed by atoms with Crippen molar-refractivity contribution in [3.8, 4) is 0 Å². The number of ether oxygens (including phenoxy) is 4. The van der Waals surface area contributed by atoms with Gasteiger partial charge in [0.2, 0.25) is 5.91 Å². The smallest absolute Gasteiger partial charge is 0.217 e. The van der Waals surface area contributed by atoms with Gasteiger partial charge < -0.3 is 29.4 Å². The second kappa shape index (κ2) is 7.01. The summed E-state index contributed by atoms with van der Waals surface area (Å²) in [5.74, 6) is -0.245. The van der Waals surface area contributed by atoms with Crippen molar-refractivity contribution in [2.45, 2.75) is 37.6 Å². The van der Waals surface area contributed by atoms with E-state index in [1.54, 1.807) is 0 Å². The van der Waals surface area contributed by atoms with Crippen LogP contribution in [-0.2, 0) is 23.7 Å². The lowest BCUT2D eigenvalue weighted by atomic mass is 9.96. The van der Waals surface area contributed by atoms with Crippen molar-refractivity contribution >= 4 is 5.91 Å². The molecule has 0 unspecified atom stereocenters. The fraction of sp³-hybridized carbons (Fsp3) is 0.909. The Morgan fingerprint density at radius 3 is 2.44 bits per heavy atom. The van der Waals surface area contributed by atoms with Gasteiger partial charge in [-0.1, -0.05) is 0 Å². The highest BCUT2D eigenvalue weighted by atomic mass is 16.7. The monoisotopic (exact) mass is 263 g/mol. The molecule has 1 heterocycles. The Kier molecular flexibility index (Phi) is 5.97. The predicted octanol–water partition coefficient (Wildman–Crippen LogP) is -1.12. The summed E-state index contributed by atoms with van der Waals surface area (Å²) in [5.41, 5.74) is 0. The fourth-order valence-electron chi connectivity index (χ4n) is 2.09. The Balaban J connectivity index is 2.84. The molecule has 5 atom stereocenters. The number of methoxy groups -OCH3 is 3. The molecule has 0 saturated carbocycles. The molecule has 1 aliphatic rings. The summed E-state index contributed by atoms with van der Waals surface area (Å²) < 4.78 is 20.9. The van der Waals surface area contributed by atoms with Crippen LogP contribution in [0.4, 0.5) is 0 Å². The number of carbonyl (C=O) groups excluding carboxylic acids is 1. The largest absolute Gasteiger partial charge is 0.388 e. The van der Waals surface area contributed by atoms with Crippen molar-refractivity contribution in [1.29, 1.82) is 0 Å². The molecule has 1 fully saturated rings. The highest BCUT2D eigenvalue weighted by molar-refractivity contribution is 5.73. The number of hydrogen-bond acceptors (Lipinski definition) is 6. The van der Waals surface area contributed by atoms with Crippen LogP contribution in [-0.4, -0.2) is 69.6 Å². The van der Waals surface area contributed by atoms with E-state index in [9.17, 15) is 9.90 Å². The summed E-state index contributed by atoms with van der Waals surface area (Å²) in [7, 11) is 4.44. The van der Waals surface area contributed by atoms with E-state index in [4.69, 9.17) is 18.9 Å². The number of carbonyl (C=O) groups is 1. The maximum absolute atomic E-state index is 11.2. The van der Waals surface area contributed by atoms with Crippen LogP contribution in [0.1, 0.15) is 6.92 Å². The van der Waals surface area contributed by atoms with Gasteiger partial charge in [-0.25, -0.2) is 0 Å². The minimum absolute atomic E-state index is 0.216. The second-order valence-electron chi connectivity index (χ2n) is 4.15. The molecule has 1 saturated heterocycles. The Morgan fingerprint density at radius 1 is 1.33 bits per heavy atom. The van der Waals surface area contributed by atoms with E-state index in [1.807, 2.05) is 0 Å². The van der Waals surface area contributed by atoms with Gasteiger partial charge in [-0.15, -0.1) is 0 Å². The first-order valence-electron chi connectivity index (χ1n) is 5.70. The molecule has 1 rings (SSSR count).